The number of halogens is 1. The van der Waals surface area contributed by atoms with Crippen molar-refractivity contribution in [1.82, 2.24) is 4.31 Å². The summed E-state index contributed by atoms with van der Waals surface area (Å²) in [5.74, 6) is 0. The van der Waals surface area contributed by atoms with E-state index in [-0.39, 0.29) is 22.0 Å². The van der Waals surface area contributed by atoms with Gasteiger partial charge in [-0.15, -0.1) is 0 Å². The zero-order chi connectivity index (χ0) is 14.0. The fourth-order valence-corrected chi connectivity index (χ4v) is 4.00. The number of rotatable bonds is 2. The van der Waals surface area contributed by atoms with Crippen molar-refractivity contribution in [3.8, 4) is 6.07 Å². The Bertz CT molecular complexity index is 624. The summed E-state index contributed by atoms with van der Waals surface area (Å²) in [7, 11) is -3.79. The molecule has 0 aromatic heterocycles. The first-order valence-electron chi connectivity index (χ1n) is 5.83. The number of β-amino-alcohol motifs (C(OH)–C–C–N with tert-alkyl or cyclic N) is 1. The molecule has 0 amide bonds. The zero-order valence-corrected chi connectivity index (χ0v) is 11.7. The van der Waals surface area contributed by atoms with E-state index in [1.54, 1.807) is 0 Å². The smallest absolute Gasteiger partial charge is 0.244 e. The molecule has 1 saturated heterocycles. The van der Waals surface area contributed by atoms with Crippen LogP contribution in [-0.2, 0) is 10.0 Å². The normalized spacial score (nSPS) is 21.0. The second kappa shape index (κ2) is 5.47. The predicted molar refractivity (Wildman–Crippen MR) is 70.2 cm³/mol. The Kier molecular flexibility index (Phi) is 4.11. The van der Waals surface area contributed by atoms with E-state index >= 15 is 0 Å². The average molecular weight is 301 g/mol. The summed E-state index contributed by atoms with van der Waals surface area (Å²) in [5, 5.41) is 18.8. The number of benzene rings is 1. The van der Waals surface area contributed by atoms with E-state index in [0.717, 1.165) is 0 Å². The number of aliphatic hydroxyl groups excluding tert-OH is 1. The number of nitriles is 1. The zero-order valence-electron chi connectivity index (χ0n) is 10.1. The van der Waals surface area contributed by atoms with Crippen molar-refractivity contribution in [1.29, 1.82) is 5.26 Å². The van der Waals surface area contributed by atoms with Gasteiger partial charge < -0.3 is 5.11 Å². The first-order chi connectivity index (χ1) is 8.95. The van der Waals surface area contributed by atoms with E-state index in [9.17, 15) is 13.5 Å². The molecule has 1 heterocycles. The maximum Gasteiger partial charge on any atom is 0.244 e. The summed E-state index contributed by atoms with van der Waals surface area (Å²) < 4.78 is 26.1. The molecule has 19 heavy (non-hydrogen) atoms. The summed E-state index contributed by atoms with van der Waals surface area (Å²) in [6.07, 6.45) is 0.531. The lowest BCUT2D eigenvalue weighted by molar-refractivity contribution is 0.108. The molecule has 7 heteroatoms. The molecule has 1 aromatic rings. The molecule has 1 aliphatic rings. The summed E-state index contributed by atoms with van der Waals surface area (Å²) in [4.78, 5) is -0.100. The number of aliphatic hydroxyl groups is 1. The van der Waals surface area contributed by atoms with Crippen molar-refractivity contribution in [2.24, 2.45) is 0 Å². The Morgan fingerprint density at radius 1 is 1.47 bits per heavy atom. The van der Waals surface area contributed by atoms with E-state index in [4.69, 9.17) is 16.9 Å². The van der Waals surface area contributed by atoms with Crippen LogP contribution >= 0.6 is 11.6 Å². The second-order valence-electron chi connectivity index (χ2n) is 4.41. The topological polar surface area (TPSA) is 81.4 Å². The number of hydrogen-bond acceptors (Lipinski definition) is 4. The maximum absolute atomic E-state index is 12.5. The molecule has 1 unspecified atom stereocenters. The Labute approximate surface area is 117 Å². The van der Waals surface area contributed by atoms with Gasteiger partial charge in [-0.2, -0.15) is 9.57 Å². The van der Waals surface area contributed by atoms with Crippen LogP contribution in [0.25, 0.3) is 0 Å². The fourth-order valence-electron chi connectivity index (χ4n) is 2.08. The number of piperidine rings is 1. The molecule has 0 saturated carbocycles. The Morgan fingerprint density at radius 3 is 2.84 bits per heavy atom. The summed E-state index contributed by atoms with van der Waals surface area (Å²) in [6.45, 7) is 0.399. The molecule has 1 N–H and O–H groups in total. The van der Waals surface area contributed by atoms with Crippen LogP contribution < -0.4 is 0 Å². The average Bonchev–Trinajstić information content (AvgIpc) is 2.38. The van der Waals surface area contributed by atoms with Crippen LogP contribution in [0, 0.1) is 11.3 Å². The first kappa shape index (κ1) is 14.3. The molecule has 0 radical (unpaired) electrons. The van der Waals surface area contributed by atoms with Gasteiger partial charge in [-0.1, -0.05) is 11.6 Å². The van der Waals surface area contributed by atoms with Gasteiger partial charge in [0.15, 0.2) is 0 Å². The van der Waals surface area contributed by atoms with E-state index in [1.165, 1.54) is 22.5 Å². The molecule has 0 bridgehead atoms. The fraction of sp³-hybridized carbons (Fsp3) is 0.417. The van der Waals surface area contributed by atoms with Crippen molar-refractivity contribution >= 4 is 21.6 Å². The third-order valence-corrected chi connectivity index (χ3v) is 5.18. The van der Waals surface area contributed by atoms with Crippen LogP contribution in [0.4, 0.5) is 0 Å². The van der Waals surface area contributed by atoms with Crippen molar-refractivity contribution in [3.05, 3.63) is 28.8 Å². The molecular formula is C12H13ClN2O3S. The van der Waals surface area contributed by atoms with Gasteiger partial charge in [0.2, 0.25) is 10.0 Å². The molecule has 0 aliphatic carbocycles. The quantitative estimate of drug-likeness (QED) is 0.894. The molecule has 1 fully saturated rings. The first-order valence-corrected chi connectivity index (χ1v) is 7.65. The monoisotopic (exact) mass is 300 g/mol. The minimum atomic E-state index is -3.79. The minimum Gasteiger partial charge on any atom is -0.392 e. The Balaban J connectivity index is 2.45. The third kappa shape index (κ3) is 2.90. The van der Waals surface area contributed by atoms with E-state index in [0.29, 0.717) is 19.4 Å². The van der Waals surface area contributed by atoms with Gasteiger partial charge in [0.25, 0.3) is 0 Å². The molecule has 102 valence electrons. The highest BCUT2D eigenvalue weighted by molar-refractivity contribution is 7.89. The molecule has 1 aromatic carbocycles. The van der Waals surface area contributed by atoms with Crippen molar-refractivity contribution in [2.75, 3.05) is 13.1 Å². The largest absolute Gasteiger partial charge is 0.392 e. The highest BCUT2D eigenvalue weighted by Gasteiger charge is 2.31. The highest BCUT2D eigenvalue weighted by Crippen LogP contribution is 2.26. The SMILES string of the molecule is N#Cc1ccc(Cl)cc1S(=O)(=O)N1CCCC(O)C1. The second-order valence-corrected chi connectivity index (χ2v) is 6.75. The standard InChI is InChI=1S/C12H13ClN2O3S/c13-10-4-3-9(7-14)12(6-10)19(17,18)15-5-1-2-11(16)8-15/h3-4,6,11,16H,1-2,5,8H2. The van der Waals surface area contributed by atoms with Crippen LogP contribution in [0.15, 0.2) is 23.1 Å². The number of hydrogen-bond donors (Lipinski definition) is 1. The van der Waals surface area contributed by atoms with Gasteiger partial charge in [0.05, 0.1) is 11.7 Å². The van der Waals surface area contributed by atoms with Crippen LogP contribution in [0.3, 0.4) is 0 Å². The van der Waals surface area contributed by atoms with Gasteiger partial charge in [-0.3, -0.25) is 0 Å². The minimum absolute atomic E-state index is 0.0553. The maximum atomic E-state index is 12.5. The van der Waals surface area contributed by atoms with Gasteiger partial charge in [-0.25, -0.2) is 8.42 Å². The van der Waals surface area contributed by atoms with Gasteiger partial charge in [0.1, 0.15) is 11.0 Å². The molecule has 5 nitrogen and oxygen atoms in total. The van der Waals surface area contributed by atoms with Crippen molar-refractivity contribution in [2.45, 2.75) is 23.8 Å². The molecule has 2 rings (SSSR count). The van der Waals surface area contributed by atoms with Gasteiger partial charge in [0, 0.05) is 18.1 Å². The van der Waals surface area contributed by atoms with Gasteiger partial charge >= 0.3 is 0 Å². The lowest BCUT2D eigenvalue weighted by Gasteiger charge is -2.29. The van der Waals surface area contributed by atoms with Crippen LogP contribution in [0.2, 0.25) is 5.02 Å². The molecule has 0 spiro atoms. The Hall–Kier alpha value is -1.13. The lowest BCUT2D eigenvalue weighted by Crippen LogP contribution is -2.42. The number of nitrogens with zero attached hydrogens (tertiary/aromatic N) is 2. The molecule has 1 atom stereocenters. The van der Waals surface area contributed by atoms with E-state index in [2.05, 4.69) is 0 Å². The molecule has 1 aliphatic heterocycles. The predicted octanol–water partition coefficient (Wildman–Crippen LogP) is 1.36. The number of sulfonamides is 1. The van der Waals surface area contributed by atoms with Crippen LogP contribution in [-0.4, -0.2) is 37.0 Å². The van der Waals surface area contributed by atoms with E-state index < -0.39 is 16.1 Å². The molecular weight excluding hydrogens is 288 g/mol. The van der Waals surface area contributed by atoms with Crippen LogP contribution in [0.1, 0.15) is 18.4 Å². The summed E-state index contributed by atoms with van der Waals surface area (Å²) in [6, 6.07) is 5.99. The van der Waals surface area contributed by atoms with Crippen LogP contribution in [0.5, 0.6) is 0 Å². The van der Waals surface area contributed by atoms with E-state index in [1.807, 2.05) is 6.07 Å². The van der Waals surface area contributed by atoms with Crippen molar-refractivity contribution < 1.29 is 13.5 Å². The lowest BCUT2D eigenvalue weighted by atomic mass is 10.1. The van der Waals surface area contributed by atoms with Gasteiger partial charge in [-0.05, 0) is 31.0 Å². The van der Waals surface area contributed by atoms with Crippen molar-refractivity contribution in [3.63, 3.8) is 0 Å². The Morgan fingerprint density at radius 2 is 2.21 bits per heavy atom. The third-order valence-electron chi connectivity index (χ3n) is 3.04. The summed E-state index contributed by atoms with van der Waals surface area (Å²) in [5.41, 5.74) is 0.0597. The summed E-state index contributed by atoms with van der Waals surface area (Å²) >= 11 is 5.81. The highest BCUT2D eigenvalue weighted by atomic mass is 35.5.